The molecule has 1 amide bonds. The lowest BCUT2D eigenvalue weighted by Crippen LogP contribution is -2.07. The Bertz CT molecular complexity index is 347. The summed E-state index contributed by atoms with van der Waals surface area (Å²) in [5.41, 5.74) is 3.05. The molecule has 0 radical (unpaired) electrons. The fourth-order valence-corrected chi connectivity index (χ4v) is 1.37. The molecule has 0 saturated heterocycles. The smallest absolute Gasteiger partial charge is 0.221 e. The standard InChI is InChI=1S/C12H18N2O/c1-4-7-13-11-5-6-12(9(2)8-11)14-10(3)15/h5-6,8,13H,4,7H2,1-3H3,(H,14,15). The average Bonchev–Trinajstić information content (AvgIpc) is 2.18. The molecule has 2 N–H and O–H groups in total. The monoisotopic (exact) mass is 206 g/mol. The minimum atomic E-state index is -0.0348. The topological polar surface area (TPSA) is 41.1 Å². The van der Waals surface area contributed by atoms with Crippen LogP contribution in [0.4, 0.5) is 11.4 Å². The molecule has 3 nitrogen and oxygen atoms in total. The summed E-state index contributed by atoms with van der Waals surface area (Å²) < 4.78 is 0. The number of rotatable bonds is 4. The Morgan fingerprint density at radius 2 is 2.13 bits per heavy atom. The lowest BCUT2D eigenvalue weighted by Gasteiger charge is -2.10. The van der Waals surface area contributed by atoms with Crippen LogP contribution in [0.25, 0.3) is 0 Å². The molecule has 1 aromatic carbocycles. The van der Waals surface area contributed by atoms with Crippen molar-refractivity contribution in [3.05, 3.63) is 23.8 Å². The number of nitrogens with one attached hydrogen (secondary N) is 2. The van der Waals surface area contributed by atoms with Gasteiger partial charge < -0.3 is 10.6 Å². The van der Waals surface area contributed by atoms with Crippen LogP contribution in [0.15, 0.2) is 18.2 Å². The van der Waals surface area contributed by atoms with E-state index in [9.17, 15) is 4.79 Å². The van der Waals surface area contributed by atoms with Crippen molar-refractivity contribution in [2.45, 2.75) is 27.2 Å². The molecule has 0 heterocycles. The molecule has 15 heavy (non-hydrogen) atoms. The van der Waals surface area contributed by atoms with Crippen LogP contribution < -0.4 is 10.6 Å². The first-order valence-corrected chi connectivity index (χ1v) is 5.25. The summed E-state index contributed by atoms with van der Waals surface area (Å²) in [4.78, 5) is 10.9. The van der Waals surface area contributed by atoms with Crippen LogP contribution in [0, 0.1) is 6.92 Å². The van der Waals surface area contributed by atoms with Crippen molar-refractivity contribution in [1.82, 2.24) is 0 Å². The molecule has 0 aromatic heterocycles. The van der Waals surface area contributed by atoms with Crippen LogP contribution in [0.5, 0.6) is 0 Å². The molecule has 0 unspecified atom stereocenters. The molecule has 0 fully saturated rings. The molecular formula is C12H18N2O. The molecule has 0 bridgehead atoms. The van der Waals surface area contributed by atoms with Gasteiger partial charge in [0.25, 0.3) is 0 Å². The van der Waals surface area contributed by atoms with Crippen LogP contribution in [0.3, 0.4) is 0 Å². The third kappa shape index (κ3) is 3.62. The second-order valence-corrected chi connectivity index (χ2v) is 3.64. The quantitative estimate of drug-likeness (QED) is 0.795. The van der Waals surface area contributed by atoms with Gasteiger partial charge in [0.05, 0.1) is 0 Å². The number of hydrogen-bond donors (Lipinski definition) is 2. The molecule has 0 saturated carbocycles. The van der Waals surface area contributed by atoms with Crippen molar-refractivity contribution in [3.63, 3.8) is 0 Å². The van der Waals surface area contributed by atoms with Gasteiger partial charge in [-0.2, -0.15) is 0 Å². The zero-order chi connectivity index (χ0) is 11.3. The lowest BCUT2D eigenvalue weighted by atomic mass is 10.1. The SMILES string of the molecule is CCCNc1ccc(NC(C)=O)c(C)c1. The molecule has 0 aliphatic rings. The molecule has 0 aliphatic carbocycles. The highest BCUT2D eigenvalue weighted by atomic mass is 16.1. The normalized spacial score (nSPS) is 9.80. The van der Waals surface area contributed by atoms with Crippen molar-refractivity contribution in [2.75, 3.05) is 17.2 Å². The maximum absolute atomic E-state index is 10.9. The van der Waals surface area contributed by atoms with E-state index in [2.05, 4.69) is 17.6 Å². The first-order valence-electron chi connectivity index (χ1n) is 5.25. The maximum atomic E-state index is 10.9. The summed E-state index contributed by atoms with van der Waals surface area (Å²) in [7, 11) is 0. The van der Waals surface area contributed by atoms with Crippen LogP contribution in [-0.2, 0) is 4.79 Å². The Labute approximate surface area is 90.9 Å². The molecule has 0 aliphatic heterocycles. The van der Waals surface area contributed by atoms with Gasteiger partial charge in [0.1, 0.15) is 0 Å². The van der Waals surface area contributed by atoms with Gasteiger partial charge in [0.2, 0.25) is 5.91 Å². The molecule has 1 aromatic rings. The first-order chi connectivity index (χ1) is 7.13. The Kier molecular flexibility index (Phi) is 4.16. The predicted octanol–water partition coefficient (Wildman–Crippen LogP) is 2.78. The Morgan fingerprint density at radius 1 is 1.40 bits per heavy atom. The molecule has 0 atom stereocenters. The Morgan fingerprint density at radius 3 is 2.67 bits per heavy atom. The second kappa shape index (κ2) is 5.39. The summed E-state index contributed by atoms with van der Waals surface area (Å²) in [5.74, 6) is -0.0348. The molecule has 82 valence electrons. The van der Waals surface area contributed by atoms with Gasteiger partial charge in [0.15, 0.2) is 0 Å². The third-order valence-electron chi connectivity index (χ3n) is 2.12. The number of benzene rings is 1. The summed E-state index contributed by atoms with van der Waals surface area (Å²) >= 11 is 0. The number of hydrogen-bond acceptors (Lipinski definition) is 2. The van der Waals surface area contributed by atoms with Crippen molar-refractivity contribution in [2.24, 2.45) is 0 Å². The molecule has 0 spiro atoms. The van der Waals surface area contributed by atoms with E-state index < -0.39 is 0 Å². The molecule has 3 heteroatoms. The number of amides is 1. The third-order valence-corrected chi connectivity index (χ3v) is 2.12. The van der Waals surface area contributed by atoms with E-state index in [1.54, 1.807) is 0 Å². The van der Waals surface area contributed by atoms with Crippen molar-refractivity contribution >= 4 is 17.3 Å². The number of carbonyl (C=O) groups excluding carboxylic acids is 1. The zero-order valence-electron chi connectivity index (χ0n) is 9.55. The van der Waals surface area contributed by atoms with Gasteiger partial charge in [-0.3, -0.25) is 4.79 Å². The van der Waals surface area contributed by atoms with E-state index >= 15 is 0 Å². The van der Waals surface area contributed by atoms with Crippen LogP contribution in [-0.4, -0.2) is 12.5 Å². The highest BCUT2D eigenvalue weighted by Gasteiger charge is 2.00. The minimum absolute atomic E-state index is 0.0348. The van der Waals surface area contributed by atoms with Gasteiger partial charge in [-0.1, -0.05) is 6.92 Å². The Balaban J connectivity index is 2.74. The summed E-state index contributed by atoms with van der Waals surface area (Å²) in [6.07, 6.45) is 1.10. The van der Waals surface area contributed by atoms with Gasteiger partial charge in [-0.15, -0.1) is 0 Å². The van der Waals surface area contributed by atoms with Crippen LogP contribution in [0.1, 0.15) is 25.8 Å². The summed E-state index contributed by atoms with van der Waals surface area (Å²) in [6.45, 7) is 6.61. The van der Waals surface area contributed by atoms with E-state index in [1.165, 1.54) is 6.92 Å². The second-order valence-electron chi connectivity index (χ2n) is 3.64. The zero-order valence-corrected chi connectivity index (χ0v) is 9.55. The minimum Gasteiger partial charge on any atom is -0.385 e. The van der Waals surface area contributed by atoms with Crippen LogP contribution >= 0.6 is 0 Å². The number of aryl methyl sites for hydroxylation is 1. The van der Waals surface area contributed by atoms with Gasteiger partial charge in [-0.05, 0) is 37.1 Å². The van der Waals surface area contributed by atoms with Crippen LogP contribution in [0.2, 0.25) is 0 Å². The van der Waals surface area contributed by atoms with Crippen molar-refractivity contribution in [1.29, 1.82) is 0 Å². The van der Waals surface area contributed by atoms with Gasteiger partial charge in [-0.25, -0.2) is 0 Å². The van der Waals surface area contributed by atoms with E-state index in [-0.39, 0.29) is 5.91 Å². The lowest BCUT2D eigenvalue weighted by molar-refractivity contribution is -0.114. The maximum Gasteiger partial charge on any atom is 0.221 e. The fourth-order valence-electron chi connectivity index (χ4n) is 1.37. The van der Waals surface area contributed by atoms with E-state index in [0.717, 1.165) is 29.9 Å². The number of anilines is 2. The fraction of sp³-hybridized carbons (Fsp3) is 0.417. The van der Waals surface area contributed by atoms with E-state index in [0.29, 0.717) is 0 Å². The van der Waals surface area contributed by atoms with E-state index in [4.69, 9.17) is 0 Å². The first kappa shape index (κ1) is 11.6. The van der Waals surface area contributed by atoms with Gasteiger partial charge >= 0.3 is 0 Å². The molecular weight excluding hydrogens is 188 g/mol. The van der Waals surface area contributed by atoms with Crippen molar-refractivity contribution < 1.29 is 4.79 Å². The average molecular weight is 206 g/mol. The highest BCUT2D eigenvalue weighted by Crippen LogP contribution is 2.19. The van der Waals surface area contributed by atoms with Gasteiger partial charge in [0, 0.05) is 24.8 Å². The Hall–Kier alpha value is -1.51. The van der Waals surface area contributed by atoms with Crippen molar-refractivity contribution in [3.8, 4) is 0 Å². The largest absolute Gasteiger partial charge is 0.385 e. The highest BCUT2D eigenvalue weighted by molar-refractivity contribution is 5.89. The van der Waals surface area contributed by atoms with E-state index in [1.807, 2.05) is 25.1 Å². The molecule has 1 rings (SSSR count). The number of carbonyl (C=O) groups is 1. The summed E-state index contributed by atoms with van der Waals surface area (Å²) in [5, 5.41) is 6.09. The predicted molar refractivity (Wildman–Crippen MR) is 64.3 cm³/mol. The summed E-state index contributed by atoms with van der Waals surface area (Å²) in [6, 6.07) is 5.95.